The zero-order valence-electron chi connectivity index (χ0n) is 21.3. The maximum Gasteiger partial charge on any atom is 0.276 e. The van der Waals surface area contributed by atoms with Crippen molar-refractivity contribution in [2.24, 2.45) is 0 Å². The molecule has 2 amide bonds. The Kier molecular flexibility index (Phi) is 8.47. The third kappa shape index (κ3) is 6.55. The van der Waals surface area contributed by atoms with Crippen molar-refractivity contribution in [3.63, 3.8) is 0 Å². The van der Waals surface area contributed by atoms with Gasteiger partial charge in [0.2, 0.25) is 0 Å². The van der Waals surface area contributed by atoms with E-state index in [-0.39, 0.29) is 17.1 Å². The molecule has 0 unspecified atom stereocenters. The summed E-state index contributed by atoms with van der Waals surface area (Å²) in [6, 6.07) is 29.0. The van der Waals surface area contributed by atoms with Gasteiger partial charge in [-0.1, -0.05) is 54.6 Å². The SMILES string of the molecule is COc1ccc(N(C)S(=O)(=O)c2cccc(C(=O)NNC(=O)COc3ccccc3-c3ccccc3)c2)cc1. The smallest absolute Gasteiger partial charge is 0.276 e. The average Bonchev–Trinajstić information content (AvgIpc) is 2.99. The lowest BCUT2D eigenvalue weighted by Gasteiger charge is -2.20. The van der Waals surface area contributed by atoms with E-state index in [2.05, 4.69) is 10.9 Å². The third-order valence-electron chi connectivity index (χ3n) is 5.84. The fourth-order valence-electron chi connectivity index (χ4n) is 3.71. The van der Waals surface area contributed by atoms with Crippen molar-refractivity contribution >= 4 is 27.5 Å². The number of ether oxygens (including phenoxy) is 2. The molecule has 0 aliphatic heterocycles. The second-order valence-electron chi connectivity index (χ2n) is 8.35. The van der Waals surface area contributed by atoms with Gasteiger partial charge in [-0.05, 0) is 54.1 Å². The summed E-state index contributed by atoms with van der Waals surface area (Å²) in [6.45, 7) is -0.342. The molecule has 0 spiro atoms. The number of benzene rings is 4. The van der Waals surface area contributed by atoms with Crippen LogP contribution in [-0.2, 0) is 14.8 Å². The molecule has 4 aromatic rings. The molecular formula is C29H27N3O6S. The number of carbonyl (C=O) groups excluding carboxylic acids is 2. The average molecular weight is 546 g/mol. The normalized spacial score (nSPS) is 10.8. The molecule has 0 aromatic heterocycles. The summed E-state index contributed by atoms with van der Waals surface area (Å²) in [5.41, 5.74) is 6.82. The monoisotopic (exact) mass is 545 g/mol. The third-order valence-corrected chi connectivity index (χ3v) is 7.62. The van der Waals surface area contributed by atoms with Crippen molar-refractivity contribution in [3.8, 4) is 22.6 Å². The highest BCUT2D eigenvalue weighted by Crippen LogP contribution is 2.29. The van der Waals surface area contributed by atoms with Crippen LogP contribution in [0.1, 0.15) is 10.4 Å². The van der Waals surface area contributed by atoms with E-state index in [0.29, 0.717) is 17.2 Å². The zero-order valence-corrected chi connectivity index (χ0v) is 22.1. The molecule has 0 fully saturated rings. The van der Waals surface area contributed by atoms with Crippen LogP contribution in [0.5, 0.6) is 11.5 Å². The standard InChI is InChI=1S/C29H27N3O6S/c1-32(23-15-17-24(37-2)18-16-23)39(35,36)25-12-8-11-22(19-25)29(34)31-30-28(33)20-38-27-14-7-6-13-26(27)21-9-4-3-5-10-21/h3-19H,20H2,1-2H3,(H,30,33)(H,31,34). The molecule has 0 aliphatic carbocycles. The lowest BCUT2D eigenvalue weighted by molar-refractivity contribution is -0.123. The maximum atomic E-state index is 13.2. The highest BCUT2D eigenvalue weighted by atomic mass is 32.2. The van der Waals surface area contributed by atoms with E-state index in [0.717, 1.165) is 15.4 Å². The summed E-state index contributed by atoms with van der Waals surface area (Å²) in [5.74, 6) is -0.161. The quantitative estimate of drug-likeness (QED) is 0.307. The summed E-state index contributed by atoms with van der Waals surface area (Å²) in [7, 11) is -1.02. The van der Waals surface area contributed by atoms with Crippen molar-refractivity contribution in [1.82, 2.24) is 10.9 Å². The van der Waals surface area contributed by atoms with Gasteiger partial charge in [-0.15, -0.1) is 0 Å². The molecule has 4 aromatic carbocycles. The fraction of sp³-hybridized carbons (Fsp3) is 0.103. The molecule has 39 heavy (non-hydrogen) atoms. The number of hydrogen-bond acceptors (Lipinski definition) is 6. The van der Waals surface area contributed by atoms with Crippen molar-refractivity contribution in [2.45, 2.75) is 4.90 Å². The van der Waals surface area contributed by atoms with Gasteiger partial charge in [-0.2, -0.15) is 0 Å². The van der Waals surface area contributed by atoms with Crippen molar-refractivity contribution in [1.29, 1.82) is 0 Å². The number of carbonyl (C=O) groups is 2. The molecule has 0 bridgehead atoms. The van der Waals surface area contributed by atoms with Crippen LogP contribution in [0.15, 0.2) is 108 Å². The highest BCUT2D eigenvalue weighted by Gasteiger charge is 2.23. The predicted molar refractivity (Wildman–Crippen MR) is 148 cm³/mol. The number of hydrazine groups is 1. The first-order valence-electron chi connectivity index (χ1n) is 11.9. The van der Waals surface area contributed by atoms with E-state index < -0.39 is 21.8 Å². The second-order valence-corrected chi connectivity index (χ2v) is 10.3. The minimum atomic E-state index is -3.96. The summed E-state index contributed by atoms with van der Waals surface area (Å²) in [4.78, 5) is 24.9. The van der Waals surface area contributed by atoms with E-state index >= 15 is 0 Å². The number of sulfonamides is 1. The Bertz CT molecular complexity index is 1560. The predicted octanol–water partition coefficient (Wildman–Crippen LogP) is 4.03. The molecule has 0 atom stereocenters. The Labute approximate surface area is 227 Å². The first kappa shape index (κ1) is 27.2. The molecule has 0 radical (unpaired) electrons. The number of para-hydroxylation sites is 1. The van der Waals surface area contributed by atoms with Crippen LogP contribution in [0.2, 0.25) is 0 Å². The van der Waals surface area contributed by atoms with Crippen LogP contribution in [0.25, 0.3) is 11.1 Å². The fourth-order valence-corrected chi connectivity index (χ4v) is 4.96. The number of nitrogens with one attached hydrogen (secondary N) is 2. The first-order chi connectivity index (χ1) is 18.8. The maximum absolute atomic E-state index is 13.2. The summed E-state index contributed by atoms with van der Waals surface area (Å²) in [6.07, 6.45) is 0. The van der Waals surface area contributed by atoms with Gasteiger partial charge < -0.3 is 9.47 Å². The summed E-state index contributed by atoms with van der Waals surface area (Å²) < 4.78 is 38.2. The van der Waals surface area contributed by atoms with Crippen LogP contribution in [0, 0.1) is 0 Å². The zero-order chi connectivity index (χ0) is 27.8. The van der Waals surface area contributed by atoms with E-state index in [1.165, 1.54) is 38.4 Å². The van der Waals surface area contributed by atoms with Gasteiger partial charge in [0.15, 0.2) is 6.61 Å². The van der Waals surface area contributed by atoms with Gasteiger partial charge in [0.1, 0.15) is 11.5 Å². The minimum absolute atomic E-state index is 0.0508. The first-order valence-corrected chi connectivity index (χ1v) is 13.3. The van der Waals surface area contributed by atoms with Crippen LogP contribution >= 0.6 is 0 Å². The van der Waals surface area contributed by atoms with Gasteiger partial charge in [-0.3, -0.25) is 24.7 Å². The number of methoxy groups -OCH3 is 1. The Morgan fingerprint density at radius 3 is 2.23 bits per heavy atom. The van der Waals surface area contributed by atoms with Crippen LogP contribution in [-0.4, -0.2) is 41.0 Å². The molecule has 10 heteroatoms. The topological polar surface area (TPSA) is 114 Å². The van der Waals surface area contributed by atoms with Crippen molar-refractivity contribution in [2.75, 3.05) is 25.1 Å². The molecule has 4 rings (SSSR count). The number of nitrogens with zero attached hydrogens (tertiary/aromatic N) is 1. The number of anilines is 1. The van der Waals surface area contributed by atoms with E-state index in [1.807, 2.05) is 42.5 Å². The molecule has 0 saturated heterocycles. The molecule has 2 N–H and O–H groups in total. The lowest BCUT2D eigenvalue weighted by Crippen LogP contribution is -2.43. The molecule has 0 saturated carbocycles. The minimum Gasteiger partial charge on any atom is -0.497 e. The van der Waals surface area contributed by atoms with E-state index in [9.17, 15) is 18.0 Å². The summed E-state index contributed by atoms with van der Waals surface area (Å²) >= 11 is 0. The lowest BCUT2D eigenvalue weighted by atomic mass is 10.1. The highest BCUT2D eigenvalue weighted by molar-refractivity contribution is 7.92. The van der Waals surface area contributed by atoms with Gasteiger partial charge in [0.05, 0.1) is 17.7 Å². The number of rotatable bonds is 9. The Morgan fingerprint density at radius 2 is 1.51 bits per heavy atom. The molecule has 0 aliphatic rings. The van der Waals surface area contributed by atoms with Gasteiger partial charge in [-0.25, -0.2) is 8.42 Å². The number of hydrogen-bond donors (Lipinski definition) is 2. The van der Waals surface area contributed by atoms with Gasteiger partial charge >= 0.3 is 0 Å². The molecule has 0 heterocycles. The van der Waals surface area contributed by atoms with Gasteiger partial charge in [0.25, 0.3) is 21.8 Å². The Balaban J connectivity index is 1.37. The number of amides is 2. The Hall–Kier alpha value is -4.83. The molecule has 9 nitrogen and oxygen atoms in total. The molecular weight excluding hydrogens is 518 g/mol. The largest absolute Gasteiger partial charge is 0.497 e. The second kappa shape index (κ2) is 12.1. The van der Waals surface area contributed by atoms with E-state index in [4.69, 9.17) is 9.47 Å². The van der Waals surface area contributed by atoms with Crippen LogP contribution in [0.4, 0.5) is 5.69 Å². The van der Waals surface area contributed by atoms with Crippen LogP contribution < -0.4 is 24.6 Å². The van der Waals surface area contributed by atoms with Gasteiger partial charge in [0, 0.05) is 18.2 Å². The van der Waals surface area contributed by atoms with Crippen molar-refractivity contribution < 1.29 is 27.5 Å². The Morgan fingerprint density at radius 1 is 0.821 bits per heavy atom. The molecule has 200 valence electrons. The van der Waals surface area contributed by atoms with Crippen molar-refractivity contribution in [3.05, 3.63) is 109 Å². The van der Waals surface area contributed by atoms with Crippen LogP contribution in [0.3, 0.4) is 0 Å². The summed E-state index contributed by atoms with van der Waals surface area (Å²) in [5, 5.41) is 0. The van der Waals surface area contributed by atoms with E-state index in [1.54, 1.807) is 36.4 Å².